The number of nitrogens with two attached hydrogens (primary N) is 1. The summed E-state index contributed by atoms with van der Waals surface area (Å²) in [5.41, 5.74) is 6.24. The molecule has 9 nitrogen and oxygen atoms in total. The molecular weight excluding hydrogens is 437 g/mol. The third-order valence-corrected chi connectivity index (χ3v) is 6.65. The SMILES string of the molecule is NC(=O)C1(Cl)C(NC(=O)NCCN2CCOCC2)SN(F)C1OCc1ccccc1. The third-order valence-electron chi connectivity index (χ3n) is 4.84. The fourth-order valence-corrected chi connectivity index (χ4v) is 4.61. The van der Waals surface area contributed by atoms with Gasteiger partial charge in [-0.1, -0.05) is 34.9 Å². The van der Waals surface area contributed by atoms with E-state index >= 15 is 0 Å². The highest BCUT2D eigenvalue weighted by Crippen LogP contribution is 2.45. The molecule has 0 spiro atoms. The molecule has 30 heavy (non-hydrogen) atoms. The molecule has 3 amide bonds. The van der Waals surface area contributed by atoms with E-state index in [1.807, 2.05) is 18.2 Å². The summed E-state index contributed by atoms with van der Waals surface area (Å²) < 4.78 is 25.6. The van der Waals surface area contributed by atoms with Crippen LogP contribution in [-0.2, 0) is 20.9 Å². The molecule has 0 bridgehead atoms. The number of primary amides is 1. The predicted molar refractivity (Wildman–Crippen MR) is 111 cm³/mol. The summed E-state index contributed by atoms with van der Waals surface area (Å²) in [6, 6.07) is 8.46. The second kappa shape index (κ2) is 10.6. The van der Waals surface area contributed by atoms with E-state index in [0.717, 1.165) is 18.7 Å². The van der Waals surface area contributed by atoms with Crippen molar-refractivity contribution >= 4 is 35.5 Å². The number of hydrogen-bond acceptors (Lipinski definition) is 7. The van der Waals surface area contributed by atoms with Gasteiger partial charge in [0, 0.05) is 26.2 Å². The number of nitrogens with one attached hydrogen (secondary N) is 2. The lowest BCUT2D eigenvalue weighted by Crippen LogP contribution is -2.60. The van der Waals surface area contributed by atoms with Crippen LogP contribution in [0, 0.1) is 0 Å². The Labute approximate surface area is 183 Å². The molecule has 0 radical (unpaired) electrons. The van der Waals surface area contributed by atoms with Gasteiger partial charge in [-0.25, -0.2) is 4.79 Å². The van der Waals surface area contributed by atoms with Gasteiger partial charge < -0.3 is 25.8 Å². The molecule has 2 heterocycles. The summed E-state index contributed by atoms with van der Waals surface area (Å²) in [5.74, 6) is -0.992. The molecule has 4 N–H and O–H groups in total. The first-order chi connectivity index (χ1) is 14.4. The van der Waals surface area contributed by atoms with E-state index in [9.17, 15) is 14.1 Å². The van der Waals surface area contributed by atoms with Crippen LogP contribution in [0.3, 0.4) is 0 Å². The lowest BCUT2D eigenvalue weighted by Gasteiger charge is -2.29. The molecule has 0 saturated carbocycles. The van der Waals surface area contributed by atoms with Crippen LogP contribution in [0.2, 0.25) is 0 Å². The van der Waals surface area contributed by atoms with Crippen LogP contribution >= 0.6 is 23.5 Å². The molecule has 2 saturated heterocycles. The van der Waals surface area contributed by atoms with E-state index < -0.39 is 28.4 Å². The first-order valence-corrected chi connectivity index (χ1v) is 10.7. The van der Waals surface area contributed by atoms with Crippen LogP contribution in [0.5, 0.6) is 0 Å². The fourth-order valence-electron chi connectivity index (χ4n) is 3.14. The van der Waals surface area contributed by atoms with Crippen molar-refractivity contribution in [2.24, 2.45) is 5.73 Å². The zero-order valence-electron chi connectivity index (χ0n) is 16.3. The van der Waals surface area contributed by atoms with Gasteiger partial charge in [0.1, 0.15) is 5.37 Å². The lowest BCUT2D eigenvalue weighted by molar-refractivity contribution is -0.139. The molecule has 166 valence electrons. The average molecular weight is 462 g/mol. The van der Waals surface area contributed by atoms with Gasteiger partial charge in [0.15, 0.2) is 11.1 Å². The van der Waals surface area contributed by atoms with Crippen LogP contribution < -0.4 is 16.4 Å². The van der Waals surface area contributed by atoms with E-state index in [1.165, 1.54) is 0 Å². The van der Waals surface area contributed by atoms with Crippen LogP contribution in [-0.4, -0.2) is 77.2 Å². The van der Waals surface area contributed by atoms with Gasteiger partial charge in [-0.15, -0.1) is 16.1 Å². The maximum atomic E-state index is 14.5. The second-order valence-electron chi connectivity index (χ2n) is 6.89. The summed E-state index contributed by atoms with van der Waals surface area (Å²) in [6.45, 7) is 3.96. The predicted octanol–water partition coefficient (Wildman–Crippen LogP) is 0.798. The number of alkyl halides is 1. The van der Waals surface area contributed by atoms with Crippen LogP contribution in [0.25, 0.3) is 0 Å². The van der Waals surface area contributed by atoms with Gasteiger partial charge in [0.05, 0.1) is 19.8 Å². The highest BCUT2D eigenvalue weighted by Gasteiger charge is 2.61. The Kier molecular flexibility index (Phi) is 8.14. The number of halogens is 2. The smallest absolute Gasteiger partial charge is 0.315 e. The van der Waals surface area contributed by atoms with Crippen molar-refractivity contribution in [3.8, 4) is 0 Å². The molecule has 12 heteroatoms. The maximum Gasteiger partial charge on any atom is 0.315 e. The third kappa shape index (κ3) is 5.54. The Morgan fingerprint density at radius 3 is 2.70 bits per heavy atom. The molecule has 3 atom stereocenters. The van der Waals surface area contributed by atoms with Crippen molar-refractivity contribution < 1.29 is 23.5 Å². The van der Waals surface area contributed by atoms with E-state index in [1.54, 1.807) is 12.1 Å². The molecule has 2 aliphatic rings. The Morgan fingerprint density at radius 2 is 2.03 bits per heavy atom. The quantitative estimate of drug-likeness (QED) is 0.298. The minimum atomic E-state index is -1.99. The fraction of sp³-hybridized carbons (Fsp3) is 0.556. The number of ether oxygens (including phenoxy) is 2. The molecule has 1 aromatic rings. The van der Waals surface area contributed by atoms with Crippen molar-refractivity contribution in [1.29, 1.82) is 0 Å². The molecule has 2 fully saturated rings. The first kappa shape index (κ1) is 23.0. The van der Waals surface area contributed by atoms with Gasteiger partial charge in [-0.05, 0) is 17.5 Å². The normalized spacial score (nSPS) is 27.7. The number of urea groups is 1. The van der Waals surface area contributed by atoms with Gasteiger partial charge >= 0.3 is 6.03 Å². The lowest BCUT2D eigenvalue weighted by atomic mass is 10.1. The van der Waals surface area contributed by atoms with Crippen molar-refractivity contribution in [1.82, 2.24) is 20.1 Å². The molecule has 0 aromatic heterocycles. The topological polar surface area (TPSA) is 109 Å². The maximum absolute atomic E-state index is 14.5. The number of benzene rings is 1. The number of amides is 3. The minimum absolute atomic E-state index is 0.0205. The van der Waals surface area contributed by atoms with Crippen LogP contribution in [0.4, 0.5) is 9.28 Å². The largest absolute Gasteiger partial charge is 0.379 e. The minimum Gasteiger partial charge on any atom is -0.379 e. The summed E-state index contributed by atoms with van der Waals surface area (Å²) in [4.78, 5) is 24.6. The zero-order valence-corrected chi connectivity index (χ0v) is 17.8. The van der Waals surface area contributed by atoms with Crippen molar-refractivity contribution in [3.05, 3.63) is 35.9 Å². The molecule has 2 aliphatic heterocycles. The van der Waals surface area contributed by atoms with Gasteiger partial charge in [-0.2, -0.15) is 0 Å². The summed E-state index contributed by atoms with van der Waals surface area (Å²) in [6.07, 6.45) is -1.47. The monoisotopic (exact) mass is 461 g/mol. The Morgan fingerprint density at radius 1 is 1.33 bits per heavy atom. The van der Waals surface area contributed by atoms with E-state index in [2.05, 4.69) is 15.5 Å². The first-order valence-electron chi connectivity index (χ1n) is 9.52. The number of morpholine rings is 1. The second-order valence-corrected chi connectivity index (χ2v) is 8.55. The summed E-state index contributed by atoms with van der Waals surface area (Å²) >= 11 is 6.98. The standard InChI is InChI=1S/C18H25ClFN5O4S/c19-18(14(21)26)15(23-17(27)22-6-7-24-8-10-28-11-9-24)30-25(20)16(18)29-12-13-4-2-1-3-5-13/h1-5,15-16H,6-12H2,(H2,21,26)(H2,22,23,27). The zero-order chi connectivity index (χ0) is 21.6. The van der Waals surface area contributed by atoms with Gasteiger partial charge in [0.2, 0.25) is 5.91 Å². The van der Waals surface area contributed by atoms with Crippen LogP contribution in [0.15, 0.2) is 30.3 Å². The number of nitrogens with zero attached hydrogens (tertiary/aromatic N) is 2. The number of rotatable bonds is 8. The number of carbonyl (C=O) groups excluding carboxylic acids is 2. The Balaban J connectivity index is 1.55. The van der Waals surface area contributed by atoms with E-state index in [-0.39, 0.29) is 11.1 Å². The average Bonchev–Trinajstić information content (AvgIpc) is 2.98. The van der Waals surface area contributed by atoms with Gasteiger partial charge in [-0.3, -0.25) is 9.69 Å². The highest BCUT2D eigenvalue weighted by molar-refractivity contribution is 7.98. The Bertz CT molecular complexity index is 730. The molecule has 3 rings (SSSR count). The molecule has 3 unspecified atom stereocenters. The van der Waals surface area contributed by atoms with E-state index in [4.69, 9.17) is 26.8 Å². The van der Waals surface area contributed by atoms with E-state index in [0.29, 0.717) is 38.3 Å². The Hall–Kier alpha value is -1.63. The van der Waals surface area contributed by atoms with Crippen molar-refractivity contribution in [2.75, 3.05) is 39.4 Å². The molecule has 1 aromatic carbocycles. The van der Waals surface area contributed by atoms with Crippen molar-refractivity contribution in [2.45, 2.75) is 23.1 Å². The molecule has 0 aliphatic carbocycles. The summed E-state index contributed by atoms with van der Waals surface area (Å²) in [5, 5.41) is 4.06. The van der Waals surface area contributed by atoms with Crippen LogP contribution in [0.1, 0.15) is 5.56 Å². The number of carbonyl (C=O) groups is 2. The summed E-state index contributed by atoms with van der Waals surface area (Å²) in [7, 11) is 0. The highest BCUT2D eigenvalue weighted by atomic mass is 35.5. The molecular formula is C18H25ClFN5O4S. The van der Waals surface area contributed by atoms with Crippen molar-refractivity contribution in [3.63, 3.8) is 0 Å². The van der Waals surface area contributed by atoms with Gasteiger partial charge in [0.25, 0.3) is 0 Å². The number of hydrogen-bond donors (Lipinski definition) is 3.